The van der Waals surface area contributed by atoms with Crippen LogP contribution in [0.2, 0.25) is 0 Å². The quantitative estimate of drug-likeness (QED) is 0.0274. The average Bonchev–Trinajstić information content (AvgIpc) is 3.63. The molecule has 56 heavy (non-hydrogen) atoms. The predicted molar refractivity (Wildman–Crippen MR) is 213 cm³/mol. The van der Waals surface area contributed by atoms with Crippen LogP contribution in [0.15, 0.2) is 29.3 Å². The van der Waals surface area contributed by atoms with E-state index in [0.717, 1.165) is 42.2 Å². The summed E-state index contributed by atoms with van der Waals surface area (Å²) >= 11 is 0. The van der Waals surface area contributed by atoms with Crippen LogP contribution >= 0.6 is 0 Å². The van der Waals surface area contributed by atoms with Gasteiger partial charge in [0.2, 0.25) is 17.7 Å². The number of aliphatic imine (C=N–C) groups is 1. The van der Waals surface area contributed by atoms with Crippen molar-refractivity contribution in [3.8, 4) is 5.75 Å². The molecule has 1 saturated heterocycles. The van der Waals surface area contributed by atoms with Gasteiger partial charge in [-0.2, -0.15) is 0 Å². The first-order valence-electron chi connectivity index (χ1n) is 21.3. The summed E-state index contributed by atoms with van der Waals surface area (Å²) in [4.78, 5) is 55.9. The molecule has 2 aliphatic rings. The van der Waals surface area contributed by atoms with Crippen molar-refractivity contribution in [2.24, 2.45) is 10.9 Å². The van der Waals surface area contributed by atoms with Crippen LogP contribution in [-0.2, 0) is 28.7 Å². The Bertz CT molecular complexity index is 1360. The number of esters is 1. The van der Waals surface area contributed by atoms with E-state index in [0.29, 0.717) is 37.9 Å². The fraction of sp³-hybridized carbons (Fsp3) is 0.738. The van der Waals surface area contributed by atoms with Crippen molar-refractivity contribution in [1.29, 1.82) is 0 Å². The Morgan fingerprint density at radius 3 is 2.30 bits per heavy atom. The Balaban J connectivity index is 1.41. The summed E-state index contributed by atoms with van der Waals surface area (Å²) in [6.45, 7) is 4.85. The zero-order valence-electron chi connectivity index (χ0n) is 33.9. The molecule has 0 saturated carbocycles. The molecule has 14 heteroatoms. The molecule has 4 unspecified atom stereocenters. The number of hydrogen-bond acceptors (Lipinski definition) is 11. The number of unbranched alkanes of at least 4 members (excludes halogenated alkanes) is 13. The second-order valence-corrected chi connectivity index (χ2v) is 15.5. The summed E-state index contributed by atoms with van der Waals surface area (Å²) in [7, 11) is 0. The summed E-state index contributed by atoms with van der Waals surface area (Å²) in [5.41, 5.74) is 0.357. The molecule has 3 amide bonds. The van der Waals surface area contributed by atoms with E-state index in [1.54, 1.807) is 18.2 Å². The Hall–Kier alpha value is -3.75. The lowest BCUT2D eigenvalue weighted by Gasteiger charge is -2.23. The van der Waals surface area contributed by atoms with Crippen LogP contribution in [0.25, 0.3) is 0 Å². The number of nitrogens with zero attached hydrogens (tertiary/aromatic N) is 3. The third-order valence-corrected chi connectivity index (χ3v) is 10.5. The minimum atomic E-state index is -1.02. The van der Waals surface area contributed by atoms with Gasteiger partial charge in [-0.25, -0.2) is 19.9 Å². The molecule has 14 nitrogen and oxygen atoms in total. The van der Waals surface area contributed by atoms with Crippen LogP contribution in [0.3, 0.4) is 0 Å². The zero-order valence-corrected chi connectivity index (χ0v) is 33.9. The number of phenolic OH excluding ortho intramolecular Hbond substituents is 1. The number of hydroxylamine groups is 4. The molecule has 0 aromatic heterocycles. The normalized spacial score (nSPS) is 18.1. The number of ether oxygens (including phenoxy) is 2. The Labute approximate surface area is 333 Å². The Kier molecular flexibility index (Phi) is 22.5. The molecule has 5 N–H and O–H groups in total. The summed E-state index contributed by atoms with van der Waals surface area (Å²) in [6.07, 6.45) is 19.2. The van der Waals surface area contributed by atoms with Gasteiger partial charge >= 0.3 is 5.97 Å². The predicted octanol–water partition coefficient (Wildman–Crippen LogP) is 6.43. The van der Waals surface area contributed by atoms with Crippen LogP contribution in [0, 0.1) is 5.92 Å². The van der Waals surface area contributed by atoms with Gasteiger partial charge in [-0.05, 0) is 57.1 Å². The van der Waals surface area contributed by atoms with Gasteiger partial charge in [0.15, 0.2) is 6.04 Å². The SMILES string of the molecule is CCCCCCCCCCCCCCCC(=O)N(O)CCCCC(NC(=O)C1COC(c2ccccc2O)=N1)C(=O)OCC(C)CNC1CCCCN(O)C1=O. The van der Waals surface area contributed by atoms with Crippen LogP contribution in [0.4, 0.5) is 0 Å². The van der Waals surface area contributed by atoms with Crippen molar-refractivity contribution in [3.05, 3.63) is 29.8 Å². The Morgan fingerprint density at radius 2 is 1.62 bits per heavy atom. The lowest BCUT2D eigenvalue weighted by Crippen LogP contribution is -2.47. The number of aromatic hydroxyl groups is 1. The number of para-hydroxylation sites is 1. The molecule has 316 valence electrons. The zero-order chi connectivity index (χ0) is 40.5. The fourth-order valence-corrected chi connectivity index (χ4v) is 6.92. The van der Waals surface area contributed by atoms with Gasteiger partial charge in [-0.3, -0.25) is 24.8 Å². The van der Waals surface area contributed by atoms with E-state index in [-0.39, 0.29) is 62.0 Å². The van der Waals surface area contributed by atoms with Gasteiger partial charge in [0.25, 0.3) is 5.91 Å². The molecule has 1 fully saturated rings. The van der Waals surface area contributed by atoms with E-state index in [2.05, 4.69) is 22.5 Å². The third kappa shape index (κ3) is 17.6. The molecule has 4 atom stereocenters. The van der Waals surface area contributed by atoms with Gasteiger partial charge in [-0.1, -0.05) is 103 Å². The highest BCUT2D eigenvalue weighted by atomic mass is 16.5. The summed E-state index contributed by atoms with van der Waals surface area (Å²) < 4.78 is 11.2. The molecule has 2 heterocycles. The van der Waals surface area contributed by atoms with Crippen LogP contribution < -0.4 is 10.6 Å². The molecule has 1 aromatic carbocycles. The largest absolute Gasteiger partial charge is 0.507 e. The first-order valence-corrected chi connectivity index (χ1v) is 21.3. The van der Waals surface area contributed by atoms with Crippen molar-refractivity contribution in [2.45, 2.75) is 160 Å². The highest BCUT2D eigenvalue weighted by Gasteiger charge is 2.32. The Morgan fingerprint density at radius 1 is 0.964 bits per heavy atom. The smallest absolute Gasteiger partial charge is 0.328 e. The number of carbonyl (C=O) groups is 4. The maximum atomic E-state index is 13.3. The molecule has 0 aliphatic carbocycles. The number of rotatable bonds is 28. The minimum absolute atomic E-state index is 0.0300. The summed E-state index contributed by atoms with van der Waals surface area (Å²) in [6, 6.07) is 4.02. The molecule has 0 bridgehead atoms. The summed E-state index contributed by atoms with van der Waals surface area (Å²) in [5, 5.41) is 37.9. The van der Waals surface area contributed by atoms with Crippen LogP contribution in [-0.4, -0.2) is 106 Å². The number of nitrogens with one attached hydrogen (secondary N) is 2. The van der Waals surface area contributed by atoms with Gasteiger partial charge in [0.1, 0.15) is 18.4 Å². The van der Waals surface area contributed by atoms with E-state index in [1.807, 2.05) is 6.92 Å². The molecule has 0 radical (unpaired) electrons. The molecular formula is C42H69N5O9. The molecule has 2 aliphatic heterocycles. The van der Waals surface area contributed by atoms with E-state index in [9.17, 15) is 34.7 Å². The second kappa shape index (κ2) is 27.0. The lowest BCUT2D eigenvalue weighted by atomic mass is 10.0. The molecule has 3 rings (SSSR count). The molecular weight excluding hydrogens is 718 g/mol. The molecule has 1 aromatic rings. The van der Waals surface area contributed by atoms with E-state index < -0.39 is 30.0 Å². The third-order valence-electron chi connectivity index (χ3n) is 10.5. The van der Waals surface area contributed by atoms with E-state index >= 15 is 0 Å². The maximum Gasteiger partial charge on any atom is 0.328 e. The first-order chi connectivity index (χ1) is 27.1. The number of hydrogen-bond donors (Lipinski definition) is 5. The number of benzene rings is 1. The first kappa shape index (κ1) is 46.6. The lowest BCUT2D eigenvalue weighted by molar-refractivity contribution is -0.166. The van der Waals surface area contributed by atoms with Gasteiger partial charge in [0.05, 0.1) is 18.2 Å². The fourth-order valence-electron chi connectivity index (χ4n) is 6.92. The monoisotopic (exact) mass is 788 g/mol. The van der Waals surface area contributed by atoms with Crippen molar-refractivity contribution >= 4 is 29.6 Å². The van der Waals surface area contributed by atoms with Crippen LogP contribution in [0.1, 0.15) is 148 Å². The van der Waals surface area contributed by atoms with Gasteiger partial charge < -0.3 is 25.2 Å². The van der Waals surface area contributed by atoms with Crippen molar-refractivity contribution in [2.75, 3.05) is 32.8 Å². The standard InChI is InChI=1S/C42H69N5O9/c1-3-4-5-6-7-8-9-10-11-12-13-14-15-26-38(49)46(53)27-20-19-24-35(44-39(50)36-31-55-40(45-36)33-22-16-17-25-37(33)48)42(52)56-30-32(2)29-43-34-23-18-21-28-47(54)41(34)51/h16-17,22,25,32,34-36,43,48,53-54H,3-15,18-21,23-24,26-31H2,1-2H3,(H,44,50). The molecule has 0 spiro atoms. The van der Waals surface area contributed by atoms with E-state index in [4.69, 9.17) is 9.47 Å². The summed E-state index contributed by atoms with van der Waals surface area (Å²) in [5.74, 6) is -1.94. The topological polar surface area (TPSA) is 190 Å². The number of carbonyl (C=O) groups excluding carboxylic acids is 4. The van der Waals surface area contributed by atoms with Crippen LogP contribution in [0.5, 0.6) is 5.75 Å². The van der Waals surface area contributed by atoms with Gasteiger partial charge in [-0.15, -0.1) is 0 Å². The minimum Gasteiger partial charge on any atom is -0.507 e. The van der Waals surface area contributed by atoms with Crippen molar-refractivity contribution < 1.29 is 44.2 Å². The highest BCUT2D eigenvalue weighted by molar-refractivity contribution is 6.00. The second-order valence-electron chi connectivity index (χ2n) is 15.5. The van der Waals surface area contributed by atoms with Crippen molar-refractivity contribution in [3.63, 3.8) is 0 Å². The van der Waals surface area contributed by atoms with Gasteiger partial charge in [0, 0.05) is 32.0 Å². The van der Waals surface area contributed by atoms with Crippen molar-refractivity contribution in [1.82, 2.24) is 20.8 Å². The average molecular weight is 788 g/mol. The highest BCUT2D eigenvalue weighted by Crippen LogP contribution is 2.21. The number of amides is 3. The maximum absolute atomic E-state index is 13.3. The number of phenols is 1. The van der Waals surface area contributed by atoms with E-state index in [1.165, 1.54) is 70.3 Å².